The van der Waals surface area contributed by atoms with Crippen LogP contribution in [0.2, 0.25) is 0 Å². The standard InChI is InChI=1S/C10H20BrNO3S/c1-15-5-6-16(13,14)12-8-9-3-2-4-10(11)7-9/h9-10,12H,2-8H2,1H3. The minimum Gasteiger partial charge on any atom is -0.384 e. The van der Waals surface area contributed by atoms with Crippen molar-refractivity contribution < 1.29 is 13.2 Å². The first-order valence-electron chi connectivity index (χ1n) is 5.64. The number of methoxy groups -OCH3 is 1. The number of alkyl halides is 1. The van der Waals surface area contributed by atoms with E-state index in [0.29, 0.717) is 17.3 Å². The normalized spacial score (nSPS) is 26.9. The molecule has 0 aromatic heterocycles. The van der Waals surface area contributed by atoms with Gasteiger partial charge in [-0.15, -0.1) is 0 Å². The lowest BCUT2D eigenvalue weighted by atomic mass is 9.89. The lowest BCUT2D eigenvalue weighted by Gasteiger charge is -2.25. The van der Waals surface area contributed by atoms with E-state index < -0.39 is 10.0 Å². The molecule has 1 saturated carbocycles. The first-order valence-corrected chi connectivity index (χ1v) is 8.20. The minimum atomic E-state index is -3.15. The molecular formula is C10H20BrNO3S. The van der Waals surface area contributed by atoms with Crippen molar-refractivity contribution in [1.82, 2.24) is 4.72 Å². The van der Waals surface area contributed by atoms with Crippen molar-refractivity contribution in [2.45, 2.75) is 30.5 Å². The fourth-order valence-corrected chi connectivity index (χ4v) is 3.79. The predicted molar refractivity (Wildman–Crippen MR) is 68.3 cm³/mol. The number of halogens is 1. The first-order chi connectivity index (χ1) is 7.53. The number of hydrogen-bond donors (Lipinski definition) is 1. The molecule has 1 aliphatic carbocycles. The molecule has 16 heavy (non-hydrogen) atoms. The lowest BCUT2D eigenvalue weighted by Crippen LogP contribution is -2.34. The Hall–Kier alpha value is 0.350. The second kappa shape index (κ2) is 6.93. The van der Waals surface area contributed by atoms with Gasteiger partial charge < -0.3 is 4.74 Å². The van der Waals surface area contributed by atoms with Gasteiger partial charge in [0.2, 0.25) is 10.0 Å². The van der Waals surface area contributed by atoms with Gasteiger partial charge >= 0.3 is 0 Å². The van der Waals surface area contributed by atoms with Crippen molar-refractivity contribution in [2.75, 3.05) is 26.0 Å². The molecule has 0 spiro atoms. The van der Waals surface area contributed by atoms with Gasteiger partial charge in [0, 0.05) is 18.5 Å². The fraction of sp³-hybridized carbons (Fsp3) is 1.00. The van der Waals surface area contributed by atoms with Gasteiger partial charge in [-0.25, -0.2) is 13.1 Å². The van der Waals surface area contributed by atoms with E-state index in [2.05, 4.69) is 20.7 Å². The van der Waals surface area contributed by atoms with Crippen LogP contribution in [0.15, 0.2) is 0 Å². The molecule has 0 aromatic rings. The summed E-state index contributed by atoms with van der Waals surface area (Å²) < 4.78 is 30.4. The zero-order chi connectivity index (χ0) is 12.0. The number of ether oxygens (including phenoxy) is 1. The maximum atomic E-state index is 11.5. The largest absolute Gasteiger partial charge is 0.384 e. The molecular weight excluding hydrogens is 294 g/mol. The van der Waals surface area contributed by atoms with Crippen molar-refractivity contribution >= 4 is 26.0 Å². The summed E-state index contributed by atoms with van der Waals surface area (Å²) in [4.78, 5) is 0.551. The molecule has 0 aliphatic heterocycles. The van der Waals surface area contributed by atoms with Crippen LogP contribution in [0.25, 0.3) is 0 Å². The average Bonchev–Trinajstić information content (AvgIpc) is 2.24. The van der Waals surface area contributed by atoms with Gasteiger partial charge in [-0.3, -0.25) is 0 Å². The van der Waals surface area contributed by atoms with Crippen molar-refractivity contribution in [3.8, 4) is 0 Å². The number of nitrogens with one attached hydrogen (secondary N) is 1. The summed E-state index contributed by atoms with van der Waals surface area (Å²) in [5.41, 5.74) is 0. The van der Waals surface area contributed by atoms with Crippen LogP contribution in [0.1, 0.15) is 25.7 Å². The Morgan fingerprint density at radius 3 is 2.81 bits per heavy atom. The Kier molecular flexibility index (Phi) is 6.25. The molecule has 1 N–H and O–H groups in total. The number of hydrogen-bond acceptors (Lipinski definition) is 3. The first kappa shape index (κ1) is 14.4. The summed E-state index contributed by atoms with van der Waals surface area (Å²) in [6, 6.07) is 0. The van der Waals surface area contributed by atoms with Gasteiger partial charge in [-0.2, -0.15) is 0 Å². The third kappa shape index (κ3) is 5.61. The van der Waals surface area contributed by atoms with Crippen LogP contribution in [0.5, 0.6) is 0 Å². The average molecular weight is 314 g/mol. The van der Waals surface area contributed by atoms with E-state index in [0.717, 1.165) is 12.8 Å². The van der Waals surface area contributed by atoms with Crippen molar-refractivity contribution in [3.05, 3.63) is 0 Å². The van der Waals surface area contributed by atoms with Crippen molar-refractivity contribution in [1.29, 1.82) is 0 Å². The van der Waals surface area contributed by atoms with Gasteiger partial charge in [-0.05, 0) is 25.2 Å². The lowest BCUT2D eigenvalue weighted by molar-refractivity contribution is 0.216. The molecule has 0 bridgehead atoms. The second-order valence-corrected chi connectivity index (χ2v) is 7.51. The molecule has 0 heterocycles. The number of rotatable bonds is 6. The topological polar surface area (TPSA) is 55.4 Å². The van der Waals surface area contributed by atoms with Crippen LogP contribution >= 0.6 is 15.9 Å². The number of sulfonamides is 1. The van der Waals surface area contributed by atoms with E-state index in [1.807, 2.05) is 0 Å². The van der Waals surface area contributed by atoms with Gasteiger partial charge in [0.15, 0.2) is 0 Å². The summed E-state index contributed by atoms with van der Waals surface area (Å²) in [5.74, 6) is 0.518. The summed E-state index contributed by atoms with van der Waals surface area (Å²) in [6.07, 6.45) is 4.56. The van der Waals surface area contributed by atoms with E-state index in [1.165, 1.54) is 20.0 Å². The summed E-state index contributed by atoms with van der Waals surface area (Å²) in [7, 11) is -1.64. The van der Waals surface area contributed by atoms with Gasteiger partial charge in [-0.1, -0.05) is 22.4 Å². The van der Waals surface area contributed by atoms with Crippen LogP contribution in [0.3, 0.4) is 0 Å². The molecule has 0 aromatic carbocycles. The monoisotopic (exact) mass is 313 g/mol. The van der Waals surface area contributed by atoms with Gasteiger partial charge in [0.05, 0.1) is 12.4 Å². The molecule has 4 nitrogen and oxygen atoms in total. The Morgan fingerprint density at radius 1 is 1.44 bits per heavy atom. The maximum absolute atomic E-state index is 11.5. The van der Waals surface area contributed by atoms with E-state index in [4.69, 9.17) is 4.74 Å². The highest BCUT2D eigenvalue weighted by Gasteiger charge is 2.21. The Labute approximate surface area is 106 Å². The molecule has 0 amide bonds. The highest BCUT2D eigenvalue weighted by Crippen LogP contribution is 2.28. The second-order valence-electron chi connectivity index (χ2n) is 4.29. The highest BCUT2D eigenvalue weighted by molar-refractivity contribution is 9.09. The van der Waals surface area contributed by atoms with Crippen LogP contribution in [-0.2, 0) is 14.8 Å². The molecule has 1 fully saturated rings. The van der Waals surface area contributed by atoms with Crippen molar-refractivity contribution in [3.63, 3.8) is 0 Å². The van der Waals surface area contributed by atoms with Gasteiger partial charge in [0.25, 0.3) is 0 Å². The summed E-state index contributed by atoms with van der Waals surface area (Å²) >= 11 is 3.59. The predicted octanol–water partition coefficient (Wildman–Crippen LogP) is 1.51. The summed E-state index contributed by atoms with van der Waals surface area (Å²) in [6.45, 7) is 0.815. The molecule has 6 heteroatoms. The van der Waals surface area contributed by atoms with E-state index in [1.54, 1.807) is 0 Å². The Balaban J connectivity index is 2.27. The molecule has 96 valence electrons. The van der Waals surface area contributed by atoms with Gasteiger partial charge in [0.1, 0.15) is 0 Å². The fourth-order valence-electron chi connectivity index (χ4n) is 1.92. The van der Waals surface area contributed by atoms with Crippen LogP contribution in [0.4, 0.5) is 0 Å². The SMILES string of the molecule is COCCS(=O)(=O)NCC1CCCC(Br)C1. The third-order valence-corrected chi connectivity index (χ3v) is 5.01. The molecule has 2 unspecified atom stereocenters. The van der Waals surface area contributed by atoms with Crippen LogP contribution in [0, 0.1) is 5.92 Å². The van der Waals surface area contributed by atoms with Crippen molar-refractivity contribution in [2.24, 2.45) is 5.92 Å². The zero-order valence-electron chi connectivity index (χ0n) is 9.62. The van der Waals surface area contributed by atoms with E-state index in [9.17, 15) is 8.42 Å². The maximum Gasteiger partial charge on any atom is 0.213 e. The Morgan fingerprint density at radius 2 is 2.19 bits per heavy atom. The zero-order valence-corrected chi connectivity index (χ0v) is 12.0. The molecule has 0 radical (unpaired) electrons. The molecule has 1 rings (SSSR count). The summed E-state index contributed by atoms with van der Waals surface area (Å²) in [5, 5.41) is 0. The van der Waals surface area contributed by atoms with E-state index in [-0.39, 0.29) is 12.4 Å². The third-order valence-electron chi connectivity index (χ3n) is 2.87. The smallest absolute Gasteiger partial charge is 0.213 e. The molecule has 1 aliphatic rings. The van der Waals surface area contributed by atoms with E-state index >= 15 is 0 Å². The highest BCUT2D eigenvalue weighted by atomic mass is 79.9. The van der Waals surface area contributed by atoms with Crippen LogP contribution < -0.4 is 4.72 Å². The van der Waals surface area contributed by atoms with Crippen LogP contribution in [-0.4, -0.2) is 39.3 Å². The quantitative estimate of drug-likeness (QED) is 0.756. The minimum absolute atomic E-state index is 0.0496. The Bertz CT molecular complexity index is 294. The molecule has 0 saturated heterocycles. The molecule has 2 atom stereocenters.